The zero-order valence-electron chi connectivity index (χ0n) is 13.2. The number of fused-ring (bicyclic) bond motifs is 2. The minimum atomic E-state index is -1.000. The maximum absolute atomic E-state index is 11.2. The van der Waals surface area contributed by atoms with E-state index in [1.54, 1.807) is 24.4 Å². The molecule has 3 heterocycles. The summed E-state index contributed by atoms with van der Waals surface area (Å²) in [5.41, 5.74) is 2.98. The normalized spacial score (nSPS) is 16.8. The second-order valence-corrected chi connectivity index (χ2v) is 6.03. The van der Waals surface area contributed by atoms with E-state index in [0.717, 1.165) is 29.8 Å². The van der Waals surface area contributed by atoms with Crippen molar-refractivity contribution in [3.05, 3.63) is 54.0 Å². The highest BCUT2D eigenvalue weighted by atomic mass is 16.5. The third kappa shape index (κ3) is 2.41. The average Bonchev–Trinajstić information content (AvgIpc) is 2.99. The van der Waals surface area contributed by atoms with Crippen molar-refractivity contribution in [2.75, 3.05) is 6.54 Å². The van der Waals surface area contributed by atoms with Gasteiger partial charge < -0.3 is 15.2 Å². The molecule has 2 aromatic heterocycles. The van der Waals surface area contributed by atoms with E-state index in [2.05, 4.69) is 17.2 Å². The Morgan fingerprint density at radius 3 is 3.08 bits per heavy atom. The van der Waals surface area contributed by atoms with E-state index in [-0.39, 0.29) is 0 Å². The molecule has 3 aromatic rings. The Hall–Kier alpha value is -2.86. The Kier molecular flexibility index (Phi) is 3.46. The van der Waals surface area contributed by atoms with Crippen LogP contribution >= 0.6 is 0 Å². The van der Waals surface area contributed by atoms with Gasteiger partial charge in [-0.1, -0.05) is 6.92 Å². The predicted octanol–water partition coefficient (Wildman–Crippen LogP) is 3.56. The molecule has 1 unspecified atom stereocenters. The van der Waals surface area contributed by atoms with Crippen molar-refractivity contribution in [3.63, 3.8) is 0 Å². The number of pyridine rings is 1. The van der Waals surface area contributed by atoms with E-state index < -0.39 is 6.09 Å². The minimum absolute atomic E-state index is 0.400. The average molecular weight is 323 g/mol. The van der Waals surface area contributed by atoms with Gasteiger partial charge in [0, 0.05) is 36.4 Å². The summed E-state index contributed by atoms with van der Waals surface area (Å²) in [5, 5.41) is 13.4. The first kappa shape index (κ1) is 14.7. The lowest BCUT2D eigenvalue weighted by molar-refractivity contribution is 0.197. The van der Waals surface area contributed by atoms with E-state index in [1.807, 2.05) is 12.3 Å². The smallest absolute Gasteiger partial charge is 0.415 e. The lowest BCUT2D eigenvalue weighted by Crippen LogP contribution is -2.27. The van der Waals surface area contributed by atoms with Gasteiger partial charge >= 0.3 is 6.09 Å². The lowest BCUT2D eigenvalue weighted by Gasteiger charge is -2.24. The monoisotopic (exact) mass is 323 g/mol. The number of benzene rings is 1. The minimum Gasteiger partial charge on any atom is -0.464 e. The van der Waals surface area contributed by atoms with Crippen LogP contribution in [-0.4, -0.2) is 27.3 Å². The first-order valence-electron chi connectivity index (χ1n) is 7.83. The summed E-state index contributed by atoms with van der Waals surface area (Å²) in [4.78, 5) is 15.5. The number of rotatable bonds is 2. The molecule has 0 bridgehead atoms. The summed E-state index contributed by atoms with van der Waals surface area (Å²) in [6, 6.07) is 7.13. The summed E-state index contributed by atoms with van der Waals surface area (Å²) < 4.78 is 7.23. The van der Waals surface area contributed by atoms with Crippen LogP contribution in [0.5, 0.6) is 11.5 Å². The van der Waals surface area contributed by atoms with Gasteiger partial charge in [-0.25, -0.2) is 4.79 Å². The molecule has 24 heavy (non-hydrogen) atoms. The van der Waals surface area contributed by atoms with E-state index in [1.165, 1.54) is 16.3 Å². The van der Waals surface area contributed by atoms with E-state index in [9.17, 15) is 4.79 Å². The lowest BCUT2D eigenvalue weighted by atomic mass is 9.94. The summed E-state index contributed by atoms with van der Waals surface area (Å²) in [6.45, 7) is 3.86. The number of nitrogens with zero attached hydrogens (tertiary/aromatic N) is 2. The highest BCUT2D eigenvalue weighted by molar-refractivity contribution is 5.89. The molecule has 4 rings (SSSR count). The Bertz CT molecular complexity index is 932. The summed E-state index contributed by atoms with van der Waals surface area (Å²) >= 11 is 0. The molecule has 1 aliphatic heterocycles. The maximum atomic E-state index is 11.2. The topological polar surface area (TPSA) is 76.4 Å². The number of hydrogen-bond acceptors (Lipinski definition) is 4. The van der Waals surface area contributed by atoms with E-state index >= 15 is 0 Å². The second kappa shape index (κ2) is 5.65. The highest BCUT2D eigenvalue weighted by Gasteiger charge is 2.20. The van der Waals surface area contributed by atoms with Crippen LogP contribution in [0.2, 0.25) is 0 Å². The number of ether oxygens (including phenoxy) is 1. The Balaban J connectivity index is 1.70. The zero-order valence-corrected chi connectivity index (χ0v) is 13.2. The van der Waals surface area contributed by atoms with Crippen LogP contribution in [0.3, 0.4) is 0 Å². The SMILES string of the molecule is CC1CNCc2c(Oc3ccc4c(ccn4C(=O)O)c3)cncc21. The first-order valence-corrected chi connectivity index (χ1v) is 7.83. The van der Waals surface area contributed by atoms with Crippen molar-refractivity contribution < 1.29 is 14.6 Å². The van der Waals surface area contributed by atoms with Gasteiger partial charge in [-0.3, -0.25) is 9.55 Å². The quantitative estimate of drug-likeness (QED) is 0.754. The molecule has 1 aromatic carbocycles. The molecule has 0 saturated carbocycles. The van der Waals surface area contributed by atoms with Crippen molar-refractivity contribution in [1.82, 2.24) is 14.9 Å². The largest absolute Gasteiger partial charge is 0.464 e. The van der Waals surface area contributed by atoms with Gasteiger partial charge in [-0.05, 0) is 35.7 Å². The molecule has 6 nitrogen and oxygen atoms in total. The Morgan fingerprint density at radius 2 is 2.25 bits per heavy atom. The van der Waals surface area contributed by atoms with Crippen molar-refractivity contribution in [1.29, 1.82) is 0 Å². The summed E-state index contributed by atoms with van der Waals surface area (Å²) in [5.74, 6) is 1.81. The fraction of sp³-hybridized carbons (Fsp3) is 0.222. The molecule has 0 saturated heterocycles. The Labute approximate surface area is 138 Å². The fourth-order valence-corrected chi connectivity index (χ4v) is 3.19. The van der Waals surface area contributed by atoms with E-state index in [0.29, 0.717) is 17.2 Å². The third-order valence-electron chi connectivity index (χ3n) is 4.43. The number of nitrogens with one attached hydrogen (secondary N) is 1. The van der Waals surface area contributed by atoms with Crippen LogP contribution in [0, 0.1) is 0 Å². The van der Waals surface area contributed by atoms with Crippen LogP contribution < -0.4 is 10.1 Å². The standard InChI is InChI=1S/C18H17N3O3/c1-11-7-19-9-15-14(11)8-20-10-17(15)24-13-2-3-16-12(6-13)4-5-21(16)18(22)23/h2-6,8,10-11,19H,7,9H2,1H3,(H,22,23). The van der Waals surface area contributed by atoms with Gasteiger partial charge in [-0.2, -0.15) is 0 Å². The van der Waals surface area contributed by atoms with Crippen LogP contribution in [0.15, 0.2) is 42.9 Å². The van der Waals surface area contributed by atoms with Gasteiger partial charge in [0.15, 0.2) is 0 Å². The van der Waals surface area contributed by atoms with Crippen LogP contribution in [0.1, 0.15) is 24.0 Å². The molecule has 0 spiro atoms. The van der Waals surface area contributed by atoms with Crippen LogP contribution in [-0.2, 0) is 6.54 Å². The van der Waals surface area contributed by atoms with Gasteiger partial charge in [0.05, 0.1) is 11.7 Å². The van der Waals surface area contributed by atoms with E-state index in [4.69, 9.17) is 9.84 Å². The first-order chi connectivity index (χ1) is 11.6. The fourth-order valence-electron chi connectivity index (χ4n) is 3.19. The molecule has 0 aliphatic carbocycles. The number of aromatic nitrogens is 2. The molecule has 122 valence electrons. The molecule has 1 aliphatic rings. The molecular weight excluding hydrogens is 306 g/mol. The molecule has 0 radical (unpaired) electrons. The third-order valence-corrected chi connectivity index (χ3v) is 4.43. The van der Waals surface area contributed by atoms with Gasteiger partial charge in [-0.15, -0.1) is 0 Å². The number of carbonyl (C=O) groups is 1. The van der Waals surface area contributed by atoms with Crippen molar-refractivity contribution in [3.8, 4) is 11.5 Å². The number of hydrogen-bond donors (Lipinski definition) is 2. The van der Waals surface area contributed by atoms with Gasteiger partial charge in [0.25, 0.3) is 0 Å². The van der Waals surface area contributed by atoms with Crippen LogP contribution in [0.25, 0.3) is 10.9 Å². The maximum Gasteiger partial charge on any atom is 0.415 e. The molecule has 1 atom stereocenters. The highest BCUT2D eigenvalue weighted by Crippen LogP contribution is 2.33. The van der Waals surface area contributed by atoms with Gasteiger partial charge in [0.1, 0.15) is 11.5 Å². The molecule has 0 fully saturated rings. The van der Waals surface area contributed by atoms with Crippen LogP contribution in [0.4, 0.5) is 4.79 Å². The Morgan fingerprint density at radius 1 is 1.38 bits per heavy atom. The molecule has 2 N–H and O–H groups in total. The second-order valence-electron chi connectivity index (χ2n) is 6.03. The van der Waals surface area contributed by atoms with Crippen molar-refractivity contribution >= 4 is 17.0 Å². The van der Waals surface area contributed by atoms with Crippen molar-refractivity contribution in [2.45, 2.75) is 19.4 Å². The van der Waals surface area contributed by atoms with Crippen molar-refractivity contribution in [2.24, 2.45) is 0 Å². The zero-order chi connectivity index (χ0) is 16.7. The number of carboxylic acid groups (broad SMARTS) is 1. The molecule has 6 heteroatoms. The summed E-state index contributed by atoms with van der Waals surface area (Å²) in [6.07, 6.45) is 4.17. The summed E-state index contributed by atoms with van der Waals surface area (Å²) in [7, 11) is 0. The van der Waals surface area contributed by atoms with Gasteiger partial charge in [0.2, 0.25) is 0 Å². The molecular formula is C18H17N3O3. The molecule has 0 amide bonds. The predicted molar refractivity (Wildman–Crippen MR) is 89.8 cm³/mol.